The van der Waals surface area contributed by atoms with Crippen LogP contribution in [0.5, 0.6) is 0 Å². The lowest BCUT2D eigenvalue weighted by molar-refractivity contribution is 0.589. The molecule has 0 aliphatic heterocycles. The predicted octanol–water partition coefficient (Wildman–Crippen LogP) is 4.19. The summed E-state index contributed by atoms with van der Waals surface area (Å²) in [4.78, 5) is 0. The first kappa shape index (κ1) is 13.2. The molecule has 80 valence electrons. The van der Waals surface area contributed by atoms with E-state index in [-0.39, 0.29) is 5.41 Å². The van der Waals surface area contributed by atoms with E-state index in [9.17, 15) is 4.39 Å². The van der Waals surface area contributed by atoms with Crippen molar-refractivity contribution in [3.63, 3.8) is 0 Å². The second-order valence-electron chi connectivity index (χ2n) is 4.63. The van der Waals surface area contributed by atoms with Crippen LogP contribution in [0, 0.1) is 13.8 Å². The van der Waals surface area contributed by atoms with Gasteiger partial charge in [-0.1, -0.05) is 50.1 Å². The van der Waals surface area contributed by atoms with Gasteiger partial charge in [-0.15, -0.1) is 0 Å². The zero-order valence-electron chi connectivity index (χ0n) is 10.1. The fourth-order valence-corrected chi connectivity index (χ4v) is 1.41. The van der Waals surface area contributed by atoms with E-state index in [4.69, 9.17) is 0 Å². The summed E-state index contributed by atoms with van der Waals surface area (Å²) in [6.07, 6.45) is 0. The molecule has 1 aromatic rings. The SMILES string of the molecule is CF.Cc1cc(C)cc(C(C)(C)C)c1. The van der Waals surface area contributed by atoms with Crippen LogP contribution in [0.15, 0.2) is 18.2 Å². The fourth-order valence-electron chi connectivity index (χ4n) is 1.41. The van der Waals surface area contributed by atoms with Crippen LogP contribution in [0.1, 0.15) is 37.5 Å². The molecule has 14 heavy (non-hydrogen) atoms. The van der Waals surface area contributed by atoms with Crippen LogP contribution in [0.3, 0.4) is 0 Å². The Balaban J connectivity index is 0.000000791. The van der Waals surface area contributed by atoms with Gasteiger partial charge >= 0.3 is 0 Å². The standard InChI is InChI=1S/C12H18.CH3F/c1-9-6-10(2)8-11(7-9)12(3,4)5;1-2/h6-8H,1-5H3;1H3. The molecule has 0 saturated carbocycles. The average Bonchev–Trinajstić information content (AvgIpc) is 2.04. The highest BCUT2D eigenvalue weighted by atomic mass is 19.1. The Morgan fingerprint density at radius 3 is 1.50 bits per heavy atom. The molecule has 0 N–H and O–H groups in total. The summed E-state index contributed by atoms with van der Waals surface area (Å²) >= 11 is 0. The van der Waals surface area contributed by atoms with Crippen molar-refractivity contribution in [1.82, 2.24) is 0 Å². The van der Waals surface area contributed by atoms with Crippen molar-refractivity contribution in [3.8, 4) is 0 Å². The summed E-state index contributed by atoms with van der Waals surface area (Å²) in [6, 6.07) is 6.76. The average molecular weight is 196 g/mol. The highest BCUT2D eigenvalue weighted by molar-refractivity contribution is 5.32. The predicted molar refractivity (Wildman–Crippen MR) is 61.6 cm³/mol. The molecule has 0 bridgehead atoms. The van der Waals surface area contributed by atoms with Gasteiger partial charge in [-0.2, -0.15) is 0 Å². The van der Waals surface area contributed by atoms with Crippen molar-refractivity contribution in [2.45, 2.75) is 40.0 Å². The Bertz CT molecular complexity index is 262. The zero-order valence-corrected chi connectivity index (χ0v) is 10.1. The summed E-state index contributed by atoms with van der Waals surface area (Å²) in [5, 5.41) is 0. The topological polar surface area (TPSA) is 0 Å². The van der Waals surface area contributed by atoms with E-state index in [1.165, 1.54) is 16.7 Å². The molecule has 1 heteroatoms. The lowest BCUT2D eigenvalue weighted by Crippen LogP contribution is -2.11. The van der Waals surface area contributed by atoms with Crippen LogP contribution >= 0.6 is 0 Å². The highest BCUT2D eigenvalue weighted by Crippen LogP contribution is 2.23. The number of hydrogen-bond donors (Lipinski definition) is 0. The molecule has 0 aliphatic carbocycles. The zero-order chi connectivity index (χ0) is 11.4. The van der Waals surface area contributed by atoms with Crippen molar-refractivity contribution in [2.75, 3.05) is 7.18 Å². The van der Waals surface area contributed by atoms with Crippen LogP contribution in [-0.2, 0) is 5.41 Å². The number of benzene rings is 1. The molecule has 0 saturated heterocycles. The smallest absolute Gasteiger partial charge is 0.0785 e. The molecule has 0 nitrogen and oxygen atoms in total. The molecule has 0 aromatic heterocycles. The van der Waals surface area contributed by atoms with Crippen molar-refractivity contribution >= 4 is 0 Å². The Kier molecular flexibility index (Phi) is 4.82. The summed E-state index contributed by atoms with van der Waals surface area (Å²) in [6.45, 7) is 11.1. The Morgan fingerprint density at radius 2 is 1.21 bits per heavy atom. The first-order chi connectivity index (χ1) is 6.39. The number of aryl methyl sites for hydroxylation is 2. The fraction of sp³-hybridized carbons (Fsp3) is 0.538. The van der Waals surface area contributed by atoms with Crippen molar-refractivity contribution in [3.05, 3.63) is 34.9 Å². The highest BCUT2D eigenvalue weighted by Gasteiger charge is 2.13. The molecule has 0 atom stereocenters. The number of rotatable bonds is 0. The largest absolute Gasteiger partial charge is 0.255 e. The number of alkyl halides is 1. The van der Waals surface area contributed by atoms with Gasteiger partial charge in [-0.05, 0) is 24.8 Å². The molecule has 0 unspecified atom stereocenters. The van der Waals surface area contributed by atoms with Crippen molar-refractivity contribution in [1.29, 1.82) is 0 Å². The maximum Gasteiger partial charge on any atom is 0.0785 e. The van der Waals surface area contributed by atoms with Crippen LogP contribution in [0.25, 0.3) is 0 Å². The van der Waals surface area contributed by atoms with Gasteiger partial charge in [0.25, 0.3) is 0 Å². The van der Waals surface area contributed by atoms with Crippen molar-refractivity contribution < 1.29 is 4.39 Å². The third-order valence-corrected chi connectivity index (χ3v) is 2.09. The van der Waals surface area contributed by atoms with E-state index in [0.717, 1.165) is 0 Å². The number of halogens is 1. The summed E-state index contributed by atoms with van der Waals surface area (Å²) in [7, 11) is 0.500. The molecule has 0 aliphatic rings. The van der Waals surface area contributed by atoms with Gasteiger partial charge in [0.05, 0.1) is 7.18 Å². The van der Waals surface area contributed by atoms with Crippen LogP contribution in [0.4, 0.5) is 4.39 Å². The lowest BCUT2D eigenvalue weighted by Gasteiger charge is -2.20. The second-order valence-corrected chi connectivity index (χ2v) is 4.63. The minimum Gasteiger partial charge on any atom is -0.255 e. The van der Waals surface area contributed by atoms with Gasteiger partial charge < -0.3 is 0 Å². The molecular formula is C13H21F. The third kappa shape index (κ3) is 3.91. The van der Waals surface area contributed by atoms with E-state index in [2.05, 4.69) is 52.8 Å². The molecule has 1 rings (SSSR count). The molecule has 0 heterocycles. The van der Waals surface area contributed by atoms with E-state index in [1.54, 1.807) is 0 Å². The Labute approximate surface area is 87.2 Å². The van der Waals surface area contributed by atoms with Gasteiger partial charge in [0.1, 0.15) is 0 Å². The van der Waals surface area contributed by atoms with E-state index in [0.29, 0.717) is 7.18 Å². The molecule has 0 radical (unpaired) electrons. The molecule has 0 amide bonds. The molecular weight excluding hydrogens is 175 g/mol. The maximum absolute atomic E-state index is 9.50. The quantitative estimate of drug-likeness (QED) is 0.583. The van der Waals surface area contributed by atoms with Crippen LogP contribution in [-0.4, -0.2) is 7.18 Å². The van der Waals surface area contributed by atoms with E-state index >= 15 is 0 Å². The van der Waals surface area contributed by atoms with E-state index < -0.39 is 0 Å². The summed E-state index contributed by atoms with van der Waals surface area (Å²) in [5.74, 6) is 0. The van der Waals surface area contributed by atoms with Gasteiger partial charge in [-0.25, -0.2) is 0 Å². The molecule has 1 aromatic carbocycles. The summed E-state index contributed by atoms with van der Waals surface area (Å²) < 4.78 is 9.50. The normalized spacial score (nSPS) is 10.5. The monoisotopic (exact) mass is 196 g/mol. The van der Waals surface area contributed by atoms with Crippen molar-refractivity contribution in [2.24, 2.45) is 0 Å². The van der Waals surface area contributed by atoms with E-state index in [1.807, 2.05) is 0 Å². The van der Waals surface area contributed by atoms with Gasteiger partial charge in [0.15, 0.2) is 0 Å². The molecule has 0 spiro atoms. The minimum absolute atomic E-state index is 0.275. The van der Waals surface area contributed by atoms with Crippen LogP contribution in [0.2, 0.25) is 0 Å². The minimum atomic E-state index is 0.275. The molecule has 0 fully saturated rings. The van der Waals surface area contributed by atoms with Gasteiger partial charge in [-0.3, -0.25) is 4.39 Å². The first-order valence-electron chi connectivity index (χ1n) is 4.86. The Morgan fingerprint density at radius 1 is 0.857 bits per heavy atom. The number of hydrogen-bond acceptors (Lipinski definition) is 0. The van der Waals surface area contributed by atoms with Crippen LogP contribution < -0.4 is 0 Å². The van der Waals surface area contributed by atoms with Gasteiger partial charge in [0.2, 0.25) is 0 Å². The first-order valence-corrected chi connectivity index (χ1v) is 4.86. The van der Waals surface area contributed by atoms with Gasteiger partial charge in [0, 0.05) is 0 Å². The third-order valence-electron chi connectivity index (χ3n) is 2.09. The lowest BCUT2D eigenvalue weighted by atomic mass is 9.85. The summed E-state index contributed by atoms with van der Waals surface area (Å²) in [5.41, 5.74) is 4.43. The Hall–Kier alpha value is -0.850. The second kappa shape index (κ2) is 5.14. The maximum atomic E-state index is 9.50.